The molecule has 2 nitrogen and oxygen atoms in total. The summed E-state index contributed by atoms with van der Waals surface area (Å²) in [6, 6.07) is 30.8. The Morgan fingerprint density at radius 2 is 1.06 bits per heavy atom. The van der Waals surface area contributed by atoms with Crippen LogP contribution in [0.5, 0.6) is 0 Å². The van der Waals surface area contributed by atoms with Crippen LogP contribution in [-0.2, 0) is 9.53 Å². The molecule has 0 aliphatic carbocycles. The molecule has 0 spiro atoms. The van der Waals surface area contributed by atoms with Gasteiger partial charge in [0, 0.05) is 0 Å². The maximum atomic E-state index is 11.0. The van der Waals surface area contributed by atoms with Gasteiger partial charge in [-0.05, 0) is 29.8 Å². The summed E-state index contributed by atoms with van der Waals surface area (Å²) < 4.78 is 66.7. The Labute approximate surface area is 200 Å². The second-order valence-electron chi connectivity index (χ2n) is 5.94. The van der Waals surface area contributed by atoms with Crippen molar-refractivity contribution in [3.8, 4) is 0 Å². The Morgan fingerprint density at radius 1 is 0.750 bits per heavy atom. The molecular weight excluding hydrogens is 636 g/mol. The van der Waals surface area contributed by atoms with E-state index in [0.29, 0.717) is 0 Å². The van der Waals surface area contributed by atoms with Crippen LogP contribution >= 0.6 is 23.7 Å². The van der Waals surface area contributed by atoms with E-state index in [9.17, 15) is 30.0 Å². The van der Waals surface area contributed by atoms with Crippen molar-refractivity contribution in [3.05, 3.63) is 104 Å². The van der Waals surface area contributed by atoms with E-state index >= 15 is 0 Å². The minimum absolute atomic E-state index is 0.0287. The van der Waals surface area contributed by atoms with Crippen molar-refractivity contribution in [1.82, 2.24) is 0 Å². The molecule has 0 radical (unpaired) electrons. The minimum Gasteiger partial charge on any atom is -0.0619 e. The second kappa shape index (κ2) is 11.5. The Kier molecular flexibility index (Phi) is 10.2. The number of ether oxygens (including phenoxy) is 1. The van der Waals surface area contributed by atoms with Crippen LogP contribution in [0.3, 0.4) is 0 Å². The zero-order chi connectivity index (χ0) is 24.3. The predicted molar refractivity (Wildman–Crippen MR) is 114 cm³/mol. The molecule has 0 saturated carbocycles. The van der Waals surface area contributed by atoms with Crippen LogP contribution in [0.2, 0.25) is 0 Å². The quantitative estimate of drug-likeness (QED) is 0.122. The van der Waals surface area contributed by atoms with Crippen molar-refractivity contribution in [2.75, 3.05) is 7.11 Å². The number of benzene rings is 3. The minimum atomic E-state index is -10.7. The third-order valence-corrected chi connectivity index (χ3v) is 6.77. The molecular formula is C21H19BrF6IO2P. The Hall–Kier alpha value is -1.65. The van der Waals surface area contributed by atoms with Gasteiger partial charge in [0.05, 0.1) is 7.11 Å². The van der Waals surface area contributed by atoms with Crippen LogP contribution < -0.4 is 21.2 Å². The zero-order valence-electron chi connectivity index (χ0n) is 16.5. The van der Waals surface area contributed by atoms with Gasteiger partial charge in [-0.25, -0.2) is 0 Å². The number of alkyl halides is 1. The van der Waals surface area contributed by atoms with Crippen molar-refractivity contribution in [2.45, 2.75) is 4.83 Å². The maximum absolute atomic E-state index is 11.0. The fourth-order valence-corrected chi connectivity index (χ4v) is 4.70. The molecule has 11 heteroatoms. The summed E-state index contributed by atoms with van der Waals surface area (Å²) in [4.78, 5) is 10.7. The van der Waals surface area contributed by atoms with Crippen LogP contribution in [0.1, 0.15) is 10.4 Å². The van der Waals surface area contributed by atoms with Gasteiger partial charge >= 0.3 is 60.2 Å². The molecule has 0 heterocycles. The van der Waals surface area contributed by atoms with Crippen molar-refractivity contribution < 1.29 is 55.9 Å². The summed E-state index contributed by atoms with van der Waals surface area (Å²) in [5.74, 6) is -0.277. The summed E-state index contributed by atoms with van der Waals surface area (Å²) in [7, 11) is -9.28. The van der Waals surface area contributed by atoms with E-state index in [2.05, 4.69) is 81.3 Å². The van der Waals surface area contributed by atoms with Crippen LogP contribution in [0, 0.1) is 7.14 Å². The van der Waals surface area contributed by atoms with Crippen LogP contribution in [0.25, 0.3) is 0 Å². The predicted octanol–water partition coefficient (Wildman–Crippen LogP) is 5.49. The Bertz CT molecular complexity index is 911. The number of carbonyl (C=O) groups excluding carboxylic acids is 1. The standard InChI is InChI=1S/C12H10I.C9H9BrO2.F6P/c1-3-7-11(8-4-1)13-12-9-5-2-6-10-12;1-12-9(11)8(10)7-5-3-2-4-6-7;1-7(2,3,4,5)6/h1-10H;2-6,8H,1H3;/q+1;;-1. The van der Waals surface area contributed by atoms with E-state index in [1.165, 1.54) is 14.3 Å². The first-order valence-electron chi connectivity index (χ1n) is 8.74. The molecule has 0 aliphatic rings. The molecule has 0 amide bonds. The molecule has 1 atom stereocenters. The molecule has 3 rings (SSSR count). The number of halogens is 8. The number of esters is 1. The van der Waals surface area contributed by atoms with Crippen molar-refractivity contribution >= 4 is 29.7 Å². The summed E-state index contributed by atoms with van der Waals surface area (Å²) >= 11 is 3.27. The molecule has 3 aromatic rings. The van der Waals surface area contributed by atoms with E-state index < -0.39 is 7.81 Å². The van der Waals surface area contributed by atoms with E-state index in [1.807, 2.05) is 30.3 Å². The second-order valence-corrected chi connectivity index (χ2v) is 11.8. The summed E-state index contributed by atoms with van der Waals surface area (Å²) in [6.07, 6.45) is 0. The van der Waals surface area contributed by atoms with E-state index in [0.717, 1.165) is 5.56 Å². The first kappa shape index (κ1) is 28.4. The Morgan fingerprint density at radius 3 is 1.38 bits per heavy atom. The largest absolute Gasteiger partial charge is 0.357 e. The molecule has 32 heavy (non-hydrogen) atoms. The fraction of sp³-hybridized carbons (Fsp3) is 0.0952. The third kappa shape index (κ3) is 16.0. The molecule has 0 N–H and O–H groups in total. The molecule has 176 valence electrons. The molecule has 0 bridgehead atoms. The first-order chi connectivity index (χ1) is 14.7. The summed E-state index contributed by atoms with van der Waals surface area (Å²) in [5, 5.41) is 0. The van der Waals surface area contributed by atoms with Gasteiger partial charge < -0.3 is 4.74 Å². The molecule has 1 unspecified atom stereocenters. The maximum Gasteiger partial charge on any atom is 0.357 e. The average Bonchev–Trinajstić information content (AvgIpc) is 2.73. The average molecular weight is 655 g/mol. The molecule has 0 aromatic heterocycles. The van der Waals surface area contributed by atoms with Gasteiger partial charge in [0.2, 0.25) is 0 Å². The van der Waals surface area contributed by atoms with E-state index in [1.54, 1.807) is 0 Å². The van der Waals surface area contributed by atoms with Gasteiger partial charge in [0.1, 0.15) is 4.83 Å². The van der Waals surface area contributed by atoms with Gasteiger partial charge in [-0.2, -0.15) is 0 Å². The van der Waals surface area contributed by atoms with Gasteiger partial charge in [0.15, 0.2) is 7.14 Å². The zero-order valence-corrected chi connectivity index (χ0v) is 21.2. The molecule has 3 aromatic carbocycles. The van der Waals surface area contributed by atoms with Gasteiger partial charge in [-0.3, -0.25) is 4.79 Å². The SMILES string of the molecule is COC(=O)C(Br)c1ccccc1.F[P-](F)(F)(F)(F)F.c1ccc([I+]c2ccccc2)cc1. The van der Waals surface area contributed by atoms with Crippen molar-refractivity contribution in [2.24, 2.45) is 0 Å². The smallest absolute Gasteiger partial charge is 0.0619 e. The monoisotopic (exact) mass is 654 g/mol. The summed E-state index contributed by atoms with van der Waals surface area (Å²) in [6.45, 7) is 0. The van der Waals surface area contributed by atoms with Crippen LogP contribution in [0.15, 0.2) is 91.0 Å². The van der Waals surface area contributed by atoms with Crippen LogP contribution in [0.4, 0.5) is 25.2 Å². The number of hydrogen-bond donors (Lipinski definition) is 0. The number of methoxy groups -OCH3 is 1. The van der Waals surface area contributed by atoms with Gasteiger partial charge in [-0.15, -0.1) is 0 Å². The number of rotatable bonds is 4. The topological polar surface area (TPSA) is 26.3 Å². The van der Waals surface area contributed by atoms with E-state index in [-0.39, 0.29) is 32.0 Å². The molecule has 0 aliphatic heterocycles. The fourth-order valence-electron chi connectivity index (χ4n) is 1.94. The van der Waals surface area contributed by atoms with Gasteiger partial charge in [-0.1, -0.05) is 82.7 Å². The third-order valence-electron chi connectivity index (χ3n) is 3.18. The normalized spacial score (nSPS) is 13.6. The molecule has 0 saturated heterocycles. The molecule has 0 fully saturated rings. The first-order valence-corrected chi connectivity index (χ1v) is 13.8. The Balaban J connectivity index is 0.000000252. The summed E-state index contributed by atoms with van der Waals surface area (Å²) in [5.41, 5.74) is 0.907. The number of hydrogen-bond acceptors (Lipinski definition) is 2. The van der Waals surface area contributed by atoms with E-state index in [4.69, 9.17) is 0 Å². The van der Waals surface area contributed by atoms with Gasteiger partial charge in [0.25, 0.3) is 0 Å². The number of carbonyl (C=O) groups is 1. The van der Waals surface area contributed by atoms with Crippen LogP contribution in [-0.4, -0.2) is 13.1 Å². The van der Waals surface area contributed by atoms with Crippen molar-refractivity contribution in [3.63, 3.8) is 0 Å². The van der Waals surface area contributed by atoms with Crippen molar-refractivity contribution in [1.29, 1.82) is 0 Å².